The van der Waals surface area contributed by atoms with Crippen molar-refractivity contribution in [3.63, 3.8) is 0 Å². The molecule has 7 nitrogen and oxygen atoms in total. The molecule has 0 aliphatic carbocycles. The van der Waals surface area contributed by atoms with Crippen LogP contribution in [0.4, 0.5) is 4.79 Å². The highest BCUT2D eigenvalue weighted by atomic mass is 32.2. The van der Waals surface area contributed by atoms with Crippen molar-refractivity contribution >= 4 is 16.1 Å². The van der Waals surface area contributed by atoms with Crippen molar-refractivity contribution in [2.75, 3.05) is 13.1 Å². The molecule has 1 aromatic carbocycles. The van der Waals surface area contributed by atoms with E-state index in [2.05, 4.69) is 4.72 Å². The Labute approximate surface area is 142 Å². The predicted molar refractivity (Wildman–Crippen MR) is 89.1 cm³/mol. The standard InChI is InChI=1S/C16H24N2O5S/c1-11-5-7-12(8-6-11)24(21,22)17-13-9-18(10-14(13)19)15(20)23-16(2,3)4/h5-8,13-14,17,19H,9-10H2,1-4H3/t13-,14-/m1/s1. The summed E-state index contributed by atoms with van der Waals surface area (Å²) < 4.78 is 32.5. The largest absolute Gasteiger partial charge is 0.444 e. The molecule has 0 unspecified atom stereocenters. The lowest BCUT2D eigenvalue weighted by Crippen LogP contribution is -2.43. The van der Waals surface area contributed by atoms with Gasteiger partial charge in [-0.25, -0.2) is 17.9 Å². The lowest BCUT2D eigenvalue weighted by Gasteiger charge is -2.24. The number of aryl methyl sites for hydroxylation is 1. The molecular formula is C16H24N2O5S. The van der Waals surface area contributed by atoms with Gasteiger partial charge in [-0.05, 0) is 39.8 Å². The third-order valence-corrected chi connectivity index (χ3v) is 5.08. The molecule has 134 valence electrons. The van der Waals surface area contributed by atoms with Gasteiger partial charge in [0.1, 0.15) is 5.60 Å². The van der Waals surface area contributed by atoms with E-state index in [1.165, 1.54) is 17.0 Å². The van der Waals surface area contributed by atoms with Gasteiger partial charge in [-0.15, -0.1) is 0 Å². The van der Waals surface area contributed by atoms with Gasteiger partial charge in [-0.2, -0.15) is 0 Å². The summed E-state index contributed by atoms with van der Waals surface area (Å²) in [5.41, 5.74) is 0.299. The quantitative estimate of drug-likeness (QED) is 0.850. The highest BCUT2D eigenvalue weighted by Crippen LogP contribution is 2.18. The number of carbonyl (C=O) groups excluding carboxylic acids is 1. The van der Waals surface area contributed by atoms with Crippen molar-refractivity contribution in [3.8, 4) is 0 Å². The summed E-state index contributed by atoms with van der Waals surface area (Å²) in [5, 5.41) is 10.1. The average Bonchev–Trinajstić information content (AvgIpc) is 2.78. The number of rotatable bonds is 3. The second kappa shape index (κ2) is 6.70. The van der Waals surface area contributed by atoms with Gasteiger partial charge >= 0.3 is 6.09 Å². The van der Waals surface area contributed by atoms with E-state index in [-0.39, 0.29) is 18.0 Å². The van der Waals surface area contributed by atoms with E-state index in [0.29, 0.717) is 0 Å². The maximum atomic E-state index is 12.4. The lowest BCUT2D eigenvalue weighted by molar-refractivity contribution is 0.0270. The van der Waals surface area contributed by atoms with Gasteiger partial charge in [-0.3, -0.25) is 0 Å². The van der Waals surface area contributed by atoms with Crippen LogP contribution in [-0.4, -0.2) is 55.4 Å². The van der Waals surface area contributed by atoms with Crippen LogP contribution < -0.4 is 4.72 Å². The number of hydrogen-bond donors (Lipinski definition) is 2. The van der Waals surface area contributed by atoms with Gasteiger partial charge in [0.05, 0.1) is 23.6 Å². The number of sulfonamides is 1. The molecule has 0 saturated carbocycles. The maximum Gasteiger partial charge on any atom is 0.410 e. The van der Waals surface area contributed by atoms with Gasteiger partial charge < -0.3 is 14.7 Å². The molecule has 2 rings (SSSR count). The zero-order chi connectivity index (χ0) is 18.1. The highest BCUT2D eigenvalue weighted by Gasteiger charge is 2.38. The number of benzene rings is 1. The van der Waals surface area contributed by atoms with Crippen LogP contribution in [0.1, 0.15) is 26.3 Å². The Hall–Kier alpha value is -1.64. The van der Waals surface area contributed by atoms with E-state index < -0.39 is 33.9 Å². The first-order valence-corrected chi connectivity index (χ1v) is 9.21. The molecule has 1 heterocycles. The number of aliphatic hydroxyl groups is 1. The van der Waals surface area contributed by atoms with Crippen LogP contribution in [0.3, 0.4) is 0 Å². The number of nitrogens with zero attached hydrogens (tertiary/aromatic N) is 1. The lowest BCUT2D eigenvalue weighted by atomic mass is 10.2. The Balaban J connectivity index is 2.05. The summed E-state index contributed by atoms with van der Waals surface area (Å²) >= 11 is 0. The monoisotopic (exact) mass is 356 g/mol. The SMILES string of the molecule is Cc1ccc(S(=O)(=O)N[C@@H]2CN(C(=O)OC(C)(C)C)C[C@H]2O)cc1. The van der Waals surface area contributed by atoms with Crippen molar-refractivity contribution in [2.45, 2.75) is 50.3 Å². The minimum atomic E-state index is -3.77. The van der Waals surface area contributed by atoms with Crippen LogP contribution in [0.5, 0.6) is 0 Å². The maximum absolute atomic E-state index is 12.4. The molecule has 1 amide bonds. The number of β-amino-alcohol motifs (C(OH)–C–C–N with tert-alkyl or cyclic N) is 1. The molecule has 1 aliphatic rings. The molecule has 1 aliphatic heterocycles. The molecule has 2 N–H and O–H groups in total. The summed E-state index contributed by atoms with van der Waals surface area (Å²) in [7, 11) is -3.77. The Kier molecular flexibility index (Phi) is 5.22. The van der Waals surface area contributed by atoms with E-state index in [4.69, 9.17) is 4.74 Å². The fourth-order valence-corrected chi connectivity index (χ4v) is 3.62. The fourth-order valence-electron chi connectivity index (χ4n) is 2.36. The second-order valence-corrected chi connectivity index (χ2v) is 8.71. The summed E-state index contributed by atoms with van der Waals surface area (Å²) in [6, 6.07) is 5.64. The summed E-state index contributed by atoms with van der Waals surface area (Å²) in [6.45, 7) is 7.18. The minimum Gasteiger partial charge on any atom is -0.444 e. The Morgan fingerprint density at radius 3 is 2.38 bits per heavy atom. The van der Waals surface area contributed by atoms with Gasteiger partial charge in [0.15, 0.2) is 0 Å². The molecule has 1 saturated heterocycles. The van der Waals surface area contributed by atoms with Crippen LogP contribution in [0, 0.1) is 6.92 Å². The van der Waals surface area contributed by atoms with Crippen LogP contribution in [-0.2, 0) is 14.8 Å². The van der Waals surface area contributed by atoms with Crippen molar-refractivity contribution in [1.29, 1.82) is 0 Å². The minimum absolute atomic E-state index is 0.0238. The molecule has 0 radical (unpaired) electrons. The van der Waals surface area contributed by atoms with Crippen molar-refractivity contribution in [1.82, 2.24) is 9.62 Å². The molecule has 0 bridgehead atoms. The van der Waals surface area contributed by atoms with E-state index in [1.54, 1.807) is 32.9 Å². The molecule has 2 atom stereocenters. The number of amides is 1. The first-order chi connectivity index (χ1) is 11.0. The average molecular weight is 356 g/mol. The van der Waals surface area contributed by atoms with Gasteiger partial charge in [0.25, 0.3) is 0 Å². The van der Waals surface area contributed by atoms with E-state index in [0.717, 1.165) is 5.56 Å². The first-order valence-electron chi connectivity index (χ1n) is 7.73. The molecule has 1 fully saturated rings. The zero-order valence-corrected chi connectivity index (χ0v) is 15.1. The number of aliphatic hydroxyl groups excluding tert-OH is 1. The smallest absolute Gasteiger partial charge is 0.410 e. The number of likely N-dealkylation sites (tertiary alicyclic amines) is 1. The molecule has 8 heteroatoms. The summed E-state index contributed by atoms with van der Waals surface area (Å²) in [6.07, 6.45) is -1.56. The Morgan fingerprint density at radius 1 is 1.25 bits per heavy atom. The zero-order valence-electron chi connectivity index (χ0n) is 14.3. The third kappa shape index (κ3) is 4.68. The Bertz CT molecular complexity index is 694. The fraction of sp³-hybridized carbons (Fsp3) is 0.562. The van der Waals surface area contributed by atoms with Crippen molar-refractivity contribution < 1.29 is 23.1 Å². The van der Waals surface area contributed by atoms with Gasteiger partial charge in [-0.1, -0.05) is 17.7 Å². The van der Waals surface area contributed by atoms with Crippen molar-refractivity contribution in [2.24, 2.45) is 0 Å². The molecule has 0 aromatic heterocycles. The van der Waals surface area contributed by atoms with Crippen LogP contribution in [0.2, 0.25) is 0 Å². The van der Waals surface area contributed by atoms with Crippen LogP contribution >= 0.6 is 0 Å². The molecule has 24 heavy (non-hydrogen) atoms. The number of carbonyl (C=O) groups is 1. The Morgan fingerprint density at radius 2 is 1.83 bits per heavy atom. The van der Waals surface area contributed by atoms with Crippen molar-refractivity contribution in [3.05, 3.63) is 29.8 Å². The van der Waals surface area contributed by atoms with E-state index >= 15 is 0 Å². The molecular weight excluding hydrogens is 332 g/mol. The summed E-state index contributed by atoms with van der Waals surface area (Å²) in [4.78, 5) is 13.5. The topological polar surface area (TPSA) is 95.9 Å². The molecule has 0 spiro atoms. The van der Waals surface area contributed by atoms with E-state index in [1.807, 2.05) is 6.92 Å². The number of nitrogens with one attached hydrogen (secondary N) is 1. The second-order valence-electron chi connectivity index (χ2n) is 6.99. The van der Waals surface area contributed by atoms with Crippen LogP contribution in [0.15, 0.2) is 29.2 Å². The predicted octanol–water partition coefficient (Wildman–Crippen LogP) is 1.25. The third-order valence-electron chi connectivity index (χ3n) is 3.58. The van der Waals surface area contributed by atoms with Gasteiger partial charge in [0, 0.05) is 6.54 Å². The van der Waals surface area contributed by atoms with Crippen LogP contribution in [0.25, 0.3) is 0 Å². The number of hydrogen-bond acceptors (Lipinski definition) is 5. The highest BCUT2D eigenvalue weighted by molar-refractivity contribution is 7.89. The number of ether oxygens (including phenoxy) is 1. The molecule has 1 aromatic rings. The normalized spacial score (nSPS) is 21.8. The summed E-state index contributed by atoms with van der Waals surface area (Å²) in [5.74, 6) is 0. The van der Waals surface area contributed by atoms with E-state index in [9.17, 15) is 18.3 Å². The van der Waals surface area contributed by atoms with Gasteiger partial charge in [0.2, 0.25) is 10.0 Å². The first kappa shape index (κ1) is 18.7.